The number of primary sulfonamides is 1. The summed E-state index contributed by atoms with van der Waals surface area (Å²) >= 11 is 12.8. The van der Waals surface area contributed by atoms with Crippen LogP contribution in [0.3, 0.4) is 0 Å². The SMILES string of the molecule is N#Cc1c(N)nc(N)nc1N1CCCC1c1nc2c(Cl)ccc(Cl)c2c(=O)n1-c1cccc(S(N)(=O)=O)c1. The number of fused-ring (bicyclic) bond motifs is 1. The number of nitriles is 1. The van der Waals surface area contributed by atoms with E-state index in [1.165, 1.54) is 34.9 Å². The van der Waals surface area contributed by atoms with E-state index < -0.39 is 21.6 Å². The van der Waals surface area contributed by atoms with Crippen molar-refractivity contribution in [2.75, 3.05) is 22.9 Å². The van der Waals surface area contributed by atoms with Crippen LogP contribution in [0.4, 0.5) is 17.6 Å². The van der Waals surface area contributed by atoms with Crippen LogP contribution in [0.25, 0.3) is 16.6 Å². The van der Waals surface area contributed by atoms with Crippen molar-refractivity contribution >= 4 is 61.7 Å². The zero-order valence-corrected chi connectivity index (χ0v) is 21.8. The molecule has 0 spiro atoms. The Kier molecular flexibility index (Phi) is 6.36. The molecule has 1 unspecified atom stereocenters. The number of anilines is 3. The van der Waals surface area contributed by atoms with Crippen molar-refractivity contribution in [3.8, 4) is 11.8 Å². The van der Waals surface area contributed by atoms with Crippen LogP contribution in [0.15, 0.2) is 46.1 Å². The normalized spacial score (nSPS) is 15.6. The Hall–Kier alpha value is -3.96. The number of aromatic nitrogens is 4. The van der Waals surface area contributed by atoms with Gasteiger partial charge in [-0.25, -0.2) is 18.5 Å². The molecule has 5 rings (SSSR count). The summed E-state index contributed by atoms with van der Waals surface area (Å²) in [5, 5.41) is 15.5. The highest BCUT2D eigenvalue weighted by Crippen LogP contribution is 2.39. The second-order valence-corrected chi connectivity index (χ2v) is 10.9. The number of halogens is 2. The summed E-state index contributed by atoms with van der Waals surface area (Å²) in [6, 6.07) is 10.0. The zero-order valence-electron chi connectivity index (χ0n) is 19.5. The molecule has 38 heavy (non-hydrogen) atoms. The van der Waals surface area contributed by atoms with Crippen LogP contribution >= 0.6 is 23.2 Å². The summed E-state index contributed by atoms with van der Waals surface area (Å²) in [6.07, 6.45) is 1.15. The Labute approximate surface area is 226 Å². The molecule has 1 aliphatic rings. The van der Waals surface area contributed by atoms with Gasteiger partial charge in [-0.3, -0.25) is 9.36 Å². The zero-order chi connectivity index (χ0) is 27.4. The van der Waals surface area contributed by atoms with Crippen LogP contribution in [0.2, 0.25) is 10.0 Å². The third-order valence-electron chi connectivity index (χ3n) is 6.22. The number of nitrogens with two attached hydrogens (primary N) is 3. The number of rotatable bonds is 4. The largest absolute Gasteiger partial charge is 0.382 e. The second kappa shape index (κ2) is 9.41. The highest BCUT2D eigenvalue weighted by atomic mass is 35.5. The second-order valence-electron chi connectivity index (χ2n) is 8.53. The van der Waals surface area contributed by atoms with E-state index >= 15 is 0 Å². The first-order valence-electron chi connectivity index (χ1n) is 11.1. The van der Waals surface area contributed by atoms with E-state index in [1.54, 1.807) is 11.0 Å². The Balaban J connectivity index is 1.84. The lowest BCUT2D eigenvalue weighted by Crippen LogP contribution is -2.33. The first kappa shape index (κ1) is 25.7. The average molecular weight is 572 g/mol. The molecule has 0 amide bonds. The third kappa shape index (κ3) is 4.27. The number of hydrogen-bond acceptors (Lipinski definition) is 10. The lowest BCUT2D eigenvalue weighted by Gasteiger charge is -2.28. The maximum absolute atomic E-state index is 14.0. The van der Waals surface area contributed by atoms with E-state index in [1.807, 2.05) is 6.07 Å². The molecule has 0 aliphatic carbocycles. The predicted octanol–water partition coefficient (Wildman–Crippen LogP) is 2.51. The molecule has 0 radical (unpaired) electrons. The van der Waals surface area contributed by atoms with Gasteiger partial charge in [-0.1, -0.05) is 29.3 Å². The molecule has 1 saturated heterocycles. The van der Waals surface area contributed by atoms with E-state index in [0.29, 0.717) is 19.4 Å². The van der Waals surface area contributed by atoms with Crippen molar-refractivity contribution in [1.82, 2.24) is 19.5 Å². The van der Waals surface area contributed by atoms with Gasteiger partial charge < -0.3 is 16.4 Å². The van der Waals surface area contributed by atoms with E-state index in [4.69, 9.17) is 44.8 Å². The minimum absolute atomic E-state index is 0.0260. The molecule has 0 saturated carbocycles. The van der Waals surface area contributed by atoms with E-state index in [0.717, 1.165) is 0 Å². The van der Waals surface area contributed by atoms with Gasteiger partial charge in [0.1, 0.15) is 23.3 Å². The van der Waals surface area contributed by atoms with Crippen molar-refractivity contribution in [3.63, 3.8) is 0 Å². The summed E-state index contributed by atoms with van der Waals surface area (Å²) in [5.74, 6) is 0.202. The highest BCUT2D eigenvalue weighted by Gasteiger charge is 2.34. The fraction of sp³-hybridized carbons (Fsp3) is 0.174. The van der Waals surface area contributed by atoms with Gasteiger partial charge >= 0.3 is 0 Å². The fourth-order valence-electron chi connectivity index (χ4n) is 4.59. The van der Waals surface area contributed by atoms with Gasteiger partial charge in [0.25, 0.3) is 5.56 Å². The van der Waals surface area contributed by atoms with Gasteiger partial charge in [-0.05, 0) is 43.2 Å². The Morgan fingerprint density at radius 1 is 1.08 bits per heavy atom. The van der Waals surface area contributed by atoms with Crippen molar-refractivity contribution in [2.45, 2.75) is 23.8 Å². The number of nitrogens with zero attached hydrogens (tertiary/aromatic N) is 6. The molecule has 6 N–H and O–H groups in total. The molecule has 1 atom stereocenters. The highest BCUT2D eigenvalue weighted by molar-refractivity contribution is 7.89. The van der Waals surface area contributed by atoms with Crippen molar-refractivity contribution in [1.29, 1.82) is 5.26 Å². The average Bonchev–Trinajstić information content (AvgIpc) is 3.35. The molecule has 2 aromatic carbocycles. The Morgan fingerprint density at radius 2 is 1.82 bits per heavy atom. The van der Waals surface area contributed by atoms with Crippen molar-refractivity contribution in [3.05, 3.63) is 68.2 Å². The number of benzene rings is 2. The maximum Gasteiger partial charge on any atom is 0.267 e. The van der Waals surface area contributed by atoms with Crippen LogP contribution in [0.1, 0.15) is 30.3 Å². The summed E-state index contributed by atoms with van der Waals surface area (Å²) in [5.41, 5.74) is 11.6. The molecule has 1 fully saturated rings. The monoisotopic (exact) mass is 571 g/mol. The van der Waals surface area contributed by atoms with Crippen molar-refractivity contribution < 1.29 is 8.42 Å². The van der Waals surface area contributed by atoms with Gasteiger partial charge in [-0.15, -0.1) is 0 Å². The summed E-state index contributed by atoms with van der Waals surface area (Å²) in [6.45, 7) is 0.434. The van der Waals surface area contributed by atoms with E-state index in [2.05, 4.69) is 9.97 Å². The molecule has 12 nitrogen and oxygen atoms in total. The number of nitrogen functional groups attached to an aromatic ring is 2. The van der Waals surface area contributed by atoms with Gasteiger partial charge in [0.05, 0.1) is 37.6 Å². The topological polar surface area (TPSA) is 200 Å². The molecule has 194 valence electrons. The molecule has 2 aromatic heterocycles. The maximum atomic E-state index is 14.0. The van der Waals surface area contributed by atoms with Crippen molar-refractivity contribution in [2.24, 2.45) is 5.14 Å². The minimum Gasteiger partial charge on any atom is -0.382 e. The lowest BCUT2D eigenvalue weighted by molar-refractivity contribution is 0.597. The molecule has 1 aliphatic heterocycles. The van der Waals surface area contributed by atoms with E-state index in [9.17, 15) is 18.5 Å². The quantitative estimate of drug-likeness (QED) is 0.326. The fourth-order valence-corrected chi connectivity index (χ4v) is 5.58. The standard InChI is InChI=1S/C23H19Cl2N9O3S/c24-14-6-7-15(25)18-17(14)22(35)34(11-3-1-4-12(9-11)38(29,36)37)21(30-18)16-5-2-8-33(16)20-13(10-26)19(27)31-23(28)32-20/h1,3-4,6-7,9,16H,2,5,8H2,(H2,29,36,37)(H4,27,28,31,32). The van der Waals surface area contributed by atoms with Gasteiger partial charge in [-0.2, -0.15) is 15.2 Å². The number of sulfonamides is 1. The van der Waals surface area contributed by atoms with Crippen LogP contribution in [-0.2, 0) is 10.0 Å². The molecular formula is C23H19Cl2N9O3S. The summed E-state index contributed by atoms with van der Waals surface area (Å²) in [7, 11) is -4.08. The first-order valence-corrected chi connectivity index (χ1v) is 13.4. The van der Waals surface area contributed by atoms with Crippen LogP contribution < -0.4 is 27.1 Å². The molecule has 3 heterocycles. The number of hydrogen-bond donors (Lipinski definition) is 3. The summed E-state index contributed by atoms with van der Waals surface area (Å²) in [4.78, 5) is 28.4. The Morgan fingerprint density at radius 3 is 2.53 bits per heavy atom. The third-order valence-corrected chi connectivity index (χ3v) is 7.76. The predicted molar refractivity (Wildman–Crippen MR) is 144 cm³/mol. The first-order chi connectivity index (χ1) is 18.0. The Bertz CT molecular complexity index is 1840. The molecular weight excluding hydrogens is 553 g/mol. The van der Waals surface area contributed by atoms with Gasteiger partial charge in [0.2, 0.25) is 16.0 Å². The van der Waals surface area contributed by atoms with Crippen LogP contribution in [0.5, 0.6) is 0 Å². The van der Waals surface area contributed by atoms with Gasteiger partial charge in [0, 0.05) is 6.54 Å². The molecule has 15 heteroatoms. The van der Waals surface area contributed by atoms with Crippen LogP contribution in [0, 0.1) is 11.3 Å². The minimum atomic E-state index is -4.08. The van der Waals surface area contributed by atoms with Crippen LogP contribution in [-0.4, -0.2) is 34.5 Å². The lowest BCUT2D eigenvalue weighted by atomic mass is 10.1. The summed E-state index contributed by atoms with van der Waals surface area (Å²) < 4.78 is 25.4. The van der Waals surface area contributed by atoms with Gasteiger partial charge in [0.15, 0.2) is 5.82 Å². The molecule has 0 bridgehead atoms. The van der Waals surface area contributed by atoms with E-state index in [-0.39, 0.29) is 60.5 Å². The molecule has 4 aromatic rings. The smallest absolute Gasteiger partial charge is 0.267 e.